The molecule has 0 fully saturated rings. The van der Waals surface area contributed by atoms with Crippen molar-refractivity contribution in [3.05, 3.63) is 35.8 Å². The molecule has 0 spiro atoms. The zero-order chi connectivity index (χ0) is 12.5. The highest BCUT2D eigenvalue weighted by Gasteiger charge is 2.23. The summed E-state index contributed by atoms with van der Waals surface area (Å²) < 4.78 is 1.90. The van der Waals surface area contributed by atoms with Gasteiger partial charge in [-0.3, -0.25) is 14.5 Å². The molecule has 0 aliphatic carbocycles. The maximum atomic E-state index is 10.8. The fraction of sp³-hybridized carbons (Fsp3) is 0.308. The molecule has 0 saturated heterocycles. The summed E-state index contributed by atoms with van der Waals surface area (Å²) in [5.74, 6) is 0. The fourth-order valence-corrected chi connectivity index (χ4v) is 2.50. The Hall–Kier alpha value is -2.17. The number of nitrogens with zero attached hydrogens (tertiary/aromatic N) is 4. The van der Waals surface area contributed by atoms with Crippen LogP contribution in [0.25, 0.3) is 11.3 Å². The van der Waals surface area contributed by atoms with Crippen molar-refractivity contribution in [3.63, 3.8) is 0 Å². The highest BCUT2D eigenvalue weighted by Crippen LogP contribution is 2.28. The topological polar surface area (TPSA) is 51.0 Å². The van der Waals surface area contributed by atoms with Crippen molar-refractivity contribution in [2.75, 3.05) is 6.54 Å². The van der Waals surface area contributed by atoms with Gasteiger partial charge in [0.1, 0.15) is 0 Å². The van der Waals surface area contributed by atoms with E-state index in [0.717, 1.165) is 36.3 Å². The minimum Gasteiger partial charge on any atom is -0.339 e. The zero-order valence-electron chi connectivity index (χ0n) is 10.2. The van der Waals surface area contributed by atoms with Crippen LogP contribution >= 0.6 is 0 Å². The van der Waals surface area contributed by atoms with Crippen molar-refractivity contribution in [3.8, 4) is 11.3 Å². The van der Waals surface area contributed by atoms with E-state index >= 15 is 0 Å². The smallest absolute Gasteiger partial charge is 0.210 e. The second-order valence-corrected chi connectivity index (χ2v) is 4.46. The molecule has 1 amide bonds. The molecule has 92 valence electrons. The van der Waals surface area contributed by atoms with E-state index in [1.165, 1.54) is 5.56 Å². The lowest BCUT2D eigenvalue weighted by Gasteiger charge is -2.22. The van der Waals surface area contributed by atoms with E-state index in [9.17, 15) is 4.79 Å². The van der Waals surface area contributed by atoms with Crippen LogP contribution in [0, 0.1) is 0 Å². The number of carbonyl (C=O) groups excluding carboxylic acids is 1. The largest absolute Gasteiger partial charge is 0.339 e. The van der Waals surface area contributed by atoms with Crippen LogP contribution in [0.3, 0.4) is 0 Å². The van der Waals surface area contributed by atoms with Gasteiger partial charge in [-0.1, -0.05) is 0 Å². The summed E-state index contributed by atoms with van der Waals surface area (Å²) in [4.78, 5) is 16.6. The molecule has 5 heteroatoms. The Kier molecular flexibility index (Phi) is 2.59. The summed E-state index contributed by atoms with van der Waals surface area (Å²) in [6.07, 6.45) is 5.33. The van der Waals surface area contributed by atoms with Crippen LogP contribution < -0.4 is 0 Å². The third-order valence-corrected chi connectivity index (χ3v) is 3.33. The lowest BCUT2D eigenvalue weighted by Crippen LogP contribution is -2.28. The van der Waals surface area contributed by atoms with Gasteiger partial charge in [0.25, 0.3) is 0 Å². The third kappa shape index (κ3) is 1.68. The van der Waals surface area contributed by atoms with Crippen LogP contribution in [0.5, 0.6) is 0 Å². The van der Waals surface area contributed by atoms with Crippen LogP contribution in [0.4, 0.5) is 0 Å². The molecule has 3 heterocycles. The van der Waals surface area contributed by atoms with Gasteiger partial charge in [0.05, 0.1) is 17.9 Å². The van der Waals surface area contributed by atoms with Crippen molar-refractivity contribution in [2.45, 2.75) is 13.0 Å². The molecule has 2 aromatic rings. The second-order valence-electron chi connectivity index (χ2n) is 4.46. The number of aryl methyl sites for hydroxylation is 1. The minimum absolute atomic E-state index is 0.609. The van der Waals surface area contributed by atoms with Crippen LogP contribution in [0.1, 0.15) is 11.3 Å². The number of aromatic nitrogens is 3. The Bertz CT molecular complexity index is 576. The molecule has 0 unspecified atom stereocenters. The average molecular weight is 242 g/mol. The van der Waals surface area contributed by atoms with Crippen LogP contribution in [-0.2, 0) is 24.8 Å². The number of hydrogen-bond acceptors (Lipinski definition) is 3. The monoisotopic (exact) mass is 242 g/mol. The molecule has 1 aliphatic rings. The lowest BCUT2D eigenvalue weighted by atomic mass is 10.0. The molecule has 18 heavy (non-hydrogen) atoms. The molecule has 2 aromatic heterocycles. The van der Waals surface area contributed by atoms with E-state index in [0.29, 0.717) is 6.54 Å². The van der Waals surface area contributed by atoms with Crippen molar-refractivity contribution in [2.24, 2.45) is 7.05 Å². The SMILES string of the molecule is Cn1nc2c(c1-c1ccncc1)CCN(C=O)C2. The van der Waals surface area contributed by atoms with E-state index in [4.69, 9.17) is 0 Å². The predicted octanol–water partition coefficient (Wildman–Crippen LogP) is 0.997. The Balaban J connectivity index is 2.08. The van der Waals surface area contributed by atoms with Crippen molar-refractivity contribution in [1.29, 1.82) is 0 Å². The molecular formula is C13H14N4O. The Morgan fingerprint density at radius 1 is 1.33 bits per heavy atom. The highest BCUT2D eigenvalue weighted by molar-refractivity contribution is 5.65. The van der Waals surface area contributed by atoms with Crippen LogP contribution in [0.15, 0.2) is 24.5 Å². The first-order valence-electron chi connectivity index (χ1n) is 5.94. The molecule has 0 bridgehead atoms. The molecule has 0 radical (unpaired) electrons. The van der Waals surface area contributed by atoms with Gasteiger partial charge >= 0.3 is 0 Å². The molecule has 0 atom stereocenters. The van der Waals surface area contributed by atoms with E-state index in [1.807, 2.05) is 23.9 Å². The maximum Gasteiger partial charge on any atom is 0.210 e. The average Bonchev–Trinajstić information content (AvgIpc) is 2.74. The van der Waals surface area contributed by atoms with Gasteiger partial charge in [-0.25, -0.2) is 0 Å². The van der Waals surface area contributed by atoms with Gasteiger partial charge in [-0.15, -0.1) is 0 Å². The van der Waals surface area contributed by atoms with E-state index in [1.54, 1.807) is 17.3 Å². The Labute approximate surface area is 105 Å². The minimum atomic E-state index is 0.609. The van der Waals surface area contributed by atoms with Crippen molar-refractivity contribution >= 4 is 6.41 Å². The second kappa shape index (κ2) is 4.25. The molecule has 1 aliphatic heterocycles. The molecule has 0 saturated carbocycles. The van der Waals surface area contributed by atoms with Gasteiger partial charge in [-0.05, 0) is 18.6 Å². The van der Waals surface area contributed by atoms with Crippen molar-refractivity contribution < 1.29 is 4.79 Å². The first-order chi connectivity index (χ1) is 8.79. The van der Waals surface area contributed by atoms with Gasteiger partial charge in [0, 0.05) is 37.1 Å². The number of rotatable bonds is 2. The number of pyridine rings is 1. The Morgan fingerprint density at radius 2 is 2.11 bits per heavy atom. The lowest BCUT2D eigenvalue weighted by molar-refractivity contribution is -0.118. The summed E-state index contributed by atoms with van der Waals surface area (Å²) >= 11 is 0. The number of carbonyl (C=O) groups is 1. The summed E-state index contributed by atoms with van der Waals surface area (Å²) in [6, 6.07) is 3.98. The third-order valence-electron chi connectivity index (χ3n) is 3.33. The van der Waals surface area contributed by atoms with Crippen LogP contribution in [-0.4, -0.2) is 32.6 Å². The quantitative estimate of drug-likeness (QED) is 0.738. The van der Waals surface area contributed by atoms with Crippen LogP contribution in [0.2, 0.25) is 0 Å². The van der Waals surface area contributed by atoms with Crippen molar-refractivity contribution in [1.82, 2.24) is 19.7 Å². The van der Waals surface area contributed by atoms with Gasteiger partial charge in [-0.2, -0.15) is 5.10 Å². The highest BCUT2D eigenvalue weighted by atomic mass is 16.1. The van der Waals surface area contributed by atoms with E-state index < -0.39 is 0 Å². The van der Waals surface area contributed by atoms with E-state index in [-0.39, 0.29) is 0 Å². The summed E-state index contributed by atoms with van der Waals surface area (Å²) in [6.45, 7) is 1.37. The standard InChI is InChI=1S/C13H14N4O/c1-16-13(10-2-5-14-6-3-10)11-4-7-17(9-18)8-12(11)15-16/h2-3,5-6,9H,4,7-8H2,1H3. The van der Waals surface area contributed by atoms with Gasteiger partial charge in [0.15, 0.2) is 0 Å². The van der Waals surface area contributed by atoms with E-state index in [2.05, 4.69) is 10.1 Å². The summed E-state index contributed by atoms with van der Waals surface area (Å²) in [5, 5.41) is 4.52. The molecule has 0 aromatic carbocycles. The fourth-order valence-electron chi connectivity index (χ4n) is 2.50. The number of amides is 1. The Morgan fingerprint density at radius 3 is 2.83 bits per heavy atom. The normalized spacial score (nSPS) is 14.4. The molecule has 0 N–H and O–H groups in total. The summed E-state index contributed by atoms with van der Waals surface area (Å²) in [7, 11) is 1.94. The summed E-state index contributed by atoms with van der Waals surface area (Å²) in [5.41, 5.74) is 4.52. The van der Waals surface area contributed by atoms with Gasteiger partial charge < -0.3 is 4.90 Å². The molecular weight excluding hydrogens is 228 g/mol. The first kappa shape index (κ1) is 11.0. The van der Waals surface area contributed by atoms with Gasteiger partial charge in [0.2, 0.25) is 6.41 Å². The molecule has 5 nitrogen and oxygen atoms in total. The first-order valence-corrected chi connectivity index (χ1v) is 5.94. The number of fused-ring (bicyclic) bond motifs is 1. The zero-order valence-corrected chi connectivity index (χ0v) is 10.2. The maximum absolute atomic E-state index is 10.8. The molecule has 3 rings (SSSR count). The number of hydrogen-bond donors (Lipinski definition) is 0. The predicted molar refractivity (Wildman–Crippen MR) is 66.6 cm³/mol.